The van der Waals surface area contributed by atoms with E-state index in [2.05, 4.69) is 11.9 Å². The number of hydrogen-bond acceptors (Lipinski definition) is 2. The third-order valence-corrected chi connectivity index (χ3v) is 0.946. The Balaban J connectivity index is 3.50. The molecule has 0 spiro atoms. The Hall–Kier alpha value is -0.830. The van der Waals surface area contributed by atoms with Crippen LogP contribution in [0.5, 0.6) is 0 Å². The lowest BCUT2D eigenvalue weighted by Crippen LogP contribution is -2.30. The van der Waals surface area contributed by atoms with Crippen LogP contribution in [-0.4, -0.2) is 23.7 Å². The van der Waals surface area contributed by atoms with Crippen molar-refractivity contribution in [2.75, 3.05) is 6.54 Å². The number of carbonyl (C=O) groups is 1. The van der Waals surface area contributed by atoms with Gasteiger partial charge in [0, 0.05) is 12.1 Å². The highest BCUT2D eigenvalue weighted by Crippen LogP contribution is 1.85. The number of aliphatic hydroxyl groups excluding tert-OH is 1. The molecule has 3 nitrogen and oxygen atoms in total. The van der Waals surface area contributed by atoms with Gasteiger partial charge in [-0.3, -0.25) is 4.79 Å². The van der Waals surface area contributed by atoms with Crippen LogP contribution in [0.4, 0.5) is 0 Å². The normalized spacial score (nSPS) is 12.3. The van der Waals surface area contributed by atoms with Crippen LogP contribution in [0.3, 0.4) is 0 Å². The quantitative estimate of drug-likeness (QED) is 0.549. The molecule has 0 saturated heterocycles. The fourth-order valence-electron chi connectivity index (χ4n) is 0.391. The molecule has 2 N–H and O–H groups in total. The molecule has 0 aromatic carbocycles. The predicted molar refractivity (Wildman–Crippen MR) is 39.5 cm³/mol. The van der Waals surface area contributed by atoms with E-state index < -0.39 is 6.10 Å². The lowest BCUT2D eigenvalue weighted by molar-refractivity contribution is -0.117. The molecule has 0 unspecified atom stereocenters. The van der Waals surface area contributed by atoms with E-state index in [9.17, 15) is 4.79 Å². The van der Waals surface area contributed by atoms with Crippen molar-refractivity contribution in [3.63, 3.8) is 0 Å². The minimum Gasteiger partial charge on any atom is -0.392 e. The molecule has 58 valence electrons. The molecule has 3 heteroatoms. The minimum absolute atomic E-state index is 0.207. The van der Waals surface area contributed by atoms with Gasteiger partial charge in [-0.05, 0) is 13.8 Å². The van der Waals surface area contributed by atoms with Crippen LogP contribution in [0.25, 0.3) is 0 Å². The first-order valence-corrected chi connectivity index (χ1v) is 3.16. The van der Waals surface area contributed by atoms with Gasteiger partial charge in [0.1, 0.15) is 0 Å². The van der Waals surface area contributed by atoms with Crippen LogP contribution < -0.4 is 5.32 Å². The van der Waals surface area contributed by atoms with Gasteiger partial charge in [0.2, 0.25) is 5.91 Å². The predicted octanol–water partition coefficient (Wildman–Crippen LogP) is 0.0595. The molecule has 0 aromatic heterocycles. The van der Waals surface area contributed by atoms with Crippen LogP contribution in [-0.2, 0) is 4.79 Å². The van der Waals surface area contributed by atoms with Gasteiger partial charge in [-0.25, -0.2) is 0 Å². The molecule has 0 aliphatic carbocycles. The average Bonchev–Trinajstić information content (AvgIpc) is 1.82. The van der Waals surface area contributed by atoms with Gasteiger partial charge in [0.15, 0.2) is 0 Å². The molecule has 0 fully saturated rings. The molecule has 0 rings (SSSR count). The highest BCUT2D eigenvalue weighted by Gasteiger charge is 2.01. The summed E-state index contributed by atoms with van der Waals surface area (Å²) in [6.07, 6.45) is -0.497. The Morgan fingerprint density at radius 3 is 2.60 bits per heavy atom. The van der Waals surface area contributed by atoms with Gasteiger partial charge in [0.25, 0.3) is 0 Å². The van der Waals surface area contributed by atoms with Crippen molar-refractivity contribution in [1.82, 2.24) is 5.32 Å². The van der Waals surface area contributed by atoms with E-state index in [-0.39, 0.29) is 12.5 Å². The largest absolute Gasteiger partial charge is 0.392 e. The summed E-state index contributed by atoms with van der Waals surface area (Å²) in [5.41, 5.74) is 0.459. The van der Waals surface area contributed by atoms with Crippen LogP contribution in [0.1, 0.15) is 13.8 Å². The molecular weight excluding hydrogens is 130 g/mol. The van der Waals surface area contributed by atoms with E-state index in [1.165, 1.54) is 0 Å². The summed E-state index contributed by atoms with van der Waals surface area (Å²) in [5.74, 6) is -0.207. The lowest BCUT2D eigenvalue weighted by atomic mass is 10.3. The van der Waals surface area contributed by atoms with E-state index in [0.717, 1.165) is 0 Å². The van der Waals surface area contributed by atoms with Gasteiger partial charge in [-0.15, -0.1) is 0 Å². The van der Waals surface area contributed by atoms with E-state index in [4.69, 9.17) is 5.11 Å². The summed E-state index contributed by atoms with van der Waals surface area (Å²) in [7, 11) is 0. The molecule has 0 bridgehead atoms. The van der Waals surface area contributed by atoms with Crippen LogP contribution in [0.15, 0.2) is 12.2 Å². The van der Waals surface area contributed by atoms with E-state index >= 15 is 0 Å². The zero-order valence-electron chi connectivity index (χ0n) is 6.35. The Morgan fingerprint density at radius 1 is 1.80 bits per heavy atom. The van der Waals surface area contributed by atoms with Crippen molar-refractivity contribution in [2.24, 2.45) is 0 Å². The topological polar surface area (TPSA) is 49.3 Å². The first-order chi connectivity index (χ1) is 4.54. The monoisotopic (exact) mass is 143 g/mol. The molecule has 0 aromatic rings. The number of aliphatic hydroxyl groups is 1. The first-order valence-electron chi connectivity index (χ1n) is 3.16. The zero-order chi connectivity index (χ0) is 8.15. The van der Waals surface area contributed by atoms with Crippen molar-refractivity contribution >= 4 is 5.91 Å². The summed E-state index contributed by atoms with van der Waals surface area (Å²) in [4.78, 5) is 10.7. The molecular formula is C7H13NO2. The van der Waals surface area contributed by atoms with Crippen molar-refractivity contribution in [3.8, 4) is 0 Å². The van der Waals surface area contributed by atoms with Gasteiger partial charge in [0.05, 0.1) is 6.10 Å². The molecule has 0 aliphatic heterocycles. The fourth-order valence-corrected chi connectivity index (χ4v) is 0.391. The molecule has 1 amide bonds. The Bertz CT molecular complexity index is 141. The number of rotatable bonds is 3. The average molecular weight is 143 g/mol. The van der Waals surface area contributed by atoms with E-state index in [1.807, 2.05) is 0 Å². The third kappa shape index (κ3) is 4.09. The van der Waals surface area contributed by atoms with Crippen LogP contribution >= 0.6 is 0 Å². The van der Waals surface area contributed by atoms with Crippen molar-refractivity contribution in [2.45, 2.75) is 20.0 Å². The van der Waals surface area contributed by atoms with Gasteiger partial charge in [-0.2, -0.15) is 0 Å². The Kier molecular flexibility index (Phi) is 3.72. The summed E-state index contributed by atoms with van der Waals surface area (Å²) in [5, 5.41) is 11.2. The SMILES string of the molecule is C=C(C)C(=O)NC[C@@H](C)O. The molecule has 10 heavy (non-hydrogen) atoms. The molecule has 0 saturated carbocycles. The number of hydrogen-bond donors (Lipinski definition) is 2. The van der Waals surface area contributed by atoms with Crippen LogP contribution in [0.2, 0.25) is 0 Å². The maximum atomic E-state index is 10.7. The Labute approximate surface area is 60.7 Å². The second-order valence-corrected chi connectivity index (χ2v) is 2.34. The highest BCUT2D eigenvalue weighted by molar-refractivity contribution is 5.92. The van der Waals surface area contributed by atoms with Gasteiger partial charge >= 0.3 is 0 Å². The maximum absolute atomic E-state index is 10.7. The molecule has 1 atom stereocenters. The summed E-state index contributed by atoms with van der Waals surface area (Å²) >= 11 is 0. The van der Waals surface area contributed by atoms with Gasteiger partial charge < -0.3 is 10.4 Å². The summed E-state index contributed by atoms with van der Waals surface area (Å²) in [6, 6.07) is 0. The fraction of sp³-hybridized carbons (Fsp3) is 0.571. The van der Waals surface area contributed by atoms with Crippen molar-refractivity contribution < 1.29 is 9.90 Å². The number of amides is 1. The van der Waals surface area contributed by atoms with Crippen molar-refractivity contribution in [3.05, 3.63) is 12.2 Å². The first kappa shape index (κ1) is 9.17. The maximum Gasteiger partial charge on any atom is 0.246 e. The second-order valence-electron chi connectivity index (χ2n) is 2.34. The van der Waals surface area contributed by atoms with Crippen molar-refractivity contribution in [1.29, 1.82) is 0 Å². The van der Waals surface area contributed by atoms with E-state index in [0.29, 0.717) is 5.57 Å². The van der Waals surface area contributed by atoms with Gasteiger partial charge in [-0.1, -0.05) is 6.58 Å². The van der Waals surface area contributed by atoms with Crippen LogP contribution in [0, 0.1) is 0 Å². The summed E-state index contributed by atoms with van der Waals surface area (Å²) in [6.45, 7) is 6.95. The molecule has 0 radical (unpaired) electrons. The lowest BCUT2D eigenvalue weighted by Gasteiger charge is -2.05. The zero-order valence-corrected chi connectivity index (χ0v) is 6.35. The Morgan fingerprint density at radius 2 is 2.30 bits per heavy atom. The molecule has 0 heterocycles. The molecule has 0 aliphatic rings. The minimum atomic E-state index is -0.497. The second kappa shape index (κ2) is 4.06. The third-order valence-electron chi connectivity index (χ3n) is 0.946. The summed E-state index contributed by atoms with van der Waals surface area (Å²) < 4.78 is 0. The van der Waals surface area contributed by atoms with E-state index in [1.54, 1.807) is 13.8 Å². The number of nitrogens with one attached hydrogen (secondary N) is 1. The standard InChI is InChI=1S/C7H13NO2/c1-5(2)7(10)8-4-6(3)9/h6,9H,1,4H2,2-3H3,(H,8,10)/t6-/m1/s1. The smallest absolute Gasteiger partial charge is 0.246 e. The number of carbonyl (C=O) groups excluding carboxylic acids is 1. The highest BCUT2D eigenvalue weighted by atomic mass is 16.3.